The molecule has 0 aromatic carbocycles. The number of carbonyl (C=O) groups is 2. The first-order valence-electron chi connectivity index (χ1n) is 29.6. The van der Waals surface area contributed by atoms with Crippen molar-refractivity contribution in [1.29, 1.82) is 0 Å². The van der Waals surface area contributed by atoms with E-state index in [0.29, 0.717) is 19.4 Å². The molecule has 2 atom stereocenters. The standard InChI is InChI=1S/C62H113NO5/c1-3-5-7-9-11-13-15-17-19-28-32-36-40-44-48-52-56-62(67)68-57-53-49-45-41-37-33-29-26-24-22-20-21-23-25-27-31-35-39-43-47-51-55-61(66)63-59(58-64)60(65)54-50-46-42-38-34-30-18-16-14-12-10-8-6-4-2/h13,15,19,28,33,37,45,49-50,54,59-60,64-65H,3-12,14,16-18,20-27,29-32,34-36,38-44,46-48,51-53,55-58H2,1-2H3,(H,63,66)/b15-13-,28-19-,37-33-,49-45-,54-50+. The van der Waals surface area contributed by atoms with Crippen molar-refractivity contribution in [1.82, 2.24) is 5.32 Å². The molecule has 0 fully saturated rings. The Balaban J connectivity index is 3.49. The van der Waals surface area contributed by atoms with Gasteiger partial charge < -0.3 is 20.3 Å². The summed E-state index contributed by atoms with van der Waals surface area (Å²) in [4.78, 5) is 24.5. The molecule has 0 bridgehead atoms. The Kier molecular flexibility index (Phi) is 55.1. The third-order valence-electron chi connectivity index (χ3n) is 13.3. The molecule has 0 aliphatic rings. The van der Waals surface area contributed by atoms with Gasteiger partial charge in [-0.1, -0.05) is 261 Å². The van der Waals surface area contributed by atoms with Gasteiger partial charge in [0.2, 0.25) is 5.91 Å². The molecule has 68 heavy (non-hydrogen) atoms. The first-order chi connectivity index (χ1) is 33.5. The lowest BCUT2D eigenvalue weighted by molar-refractivity contribution is -0.143. The van der Waals surface area contributed by atoms with Crippen LogP contribution in [0.4, 0.5) is 0 Å². The van der Waals surface area contributed by atoms with Crippen LogP contribution in [0.5, 0.6) is 0 Å². The molecule has 2 unspecified atom stereocenters. The topological polar surface area (TPSA) is 95.9 Å². The van der Waals surface area contributed by atoms with Crippen LogP contribution in [0, 0.1) is 0 Å². The van der Waals surface area contributed by atoms with Crippen molar-refractivity contribution in [3.05, 3.63) is 60.8 Å². The molecule has 6 nitrogen and oxygen atoms in total. The zero-order valence-corrected chi connectivity index (χ0v) is 45.1. The summed E-state index contributed by atoms with van der Waals surface area (Å²) in [6.45, 7) is 4.77. The van der Waals surface area contributed by atoms with Gasteiger partial charge in [-0.15, -0.1) is 0 Å². The van der Waals surface area contributed by atoms with Crippen molar-refractivity contribution in [3.63, 3.8) is 0 Å². The van der Waals surface area contributed by atoms with E-state index in [9.17, 15) is 19.8 Å². The average Bonchev–Trinajstić information content (AvgIpc) is 3.34. The second-order valence-corrected chi connectivity index (χ2v) is 20.0. The van der Waals surface area contributed by atoms with Crippen LogP contribution >= 0.6 is 0 Å². The highest BCUT2D eigenvalue weighted by Gasteiger charge is 2.18. The van der Waals surface area contributed by atoms with E-state index in [2.05, 4.69) is 67.8 Å². The average molecular weight is 953 g/mol. The van der Waals surface area contributed by atoms with Gasteiger partial charge in [0, 0.05) is 12.8 Å². The maximum Gasteiger partial charge on any atom is 0.305 e. The lowest BCUT2D eigenvalue weighted by atomic mass is 10.0. The molecule has 3 N–H and O–H groups in total. The number of ether oxygens (including phenoxy) is 1. The summed E-state index contributed by atoms with van der Waals surface area (Å²) in [6, 6.07) is -0.633. The van der Waals surface area contributed by atoms with Crippen molar-refractivity contribution < 1.29 is 24.5 Å². The molecule has 0 saturated heterocycles. The van der Waals surface area contributed by atoms with E-state index < -0.39 is 12.1 Å². The van der Waals surface area contributed by atoms with Crippen LogP contribution in [-0.4, -0.2) is 47.4 Å². The minimum Gasteiger partial charge on any atom is -0.465 e. The molecule has 6 heteroatoms. The molecule has 0 saturated carbocycles. The molecular weight excluding hydrogens is 839 g/mol. The van der Waals surface area contributed by atoms with Crippen molar-refractivity contribution in [2.24, 2.45) is 0 Å². The van der Waals surface area contributed by atoms with Gasteiger partial charge in [0.05, 0.1) is 25.4 Å². The molecule has 0 aliphatic carbocycles. The van der Waals surface area contributed by atoms with Gasteiger partial charge in [-0.25, -0.2) is 0 Å². The number of aliphatic hydroxyl groups is 2. The largest absolute Gasteiger partial charge is 0.465 e. The summed E-state index contributed by atoms with van der Waals surface area (Å²) in [5.41, 5.74) is 0. The molecule has 0 heterocycles. The fourth-order valence-electron chi connectivity index (χ4n) is 8.74. The predicted octanol–water partition coefficient (Wildman–Crippen LogP) is 18.4. The normalized spacial score (nSPS) is 13.1. The summed E-state index contributed by atoms with van der Waals surface area (Å²) < 4.78 is 5.41. The van der Waals surface area contributed by atoms with Gasteiger partial charge in [0.25, 0.3) is 0 Å². The quantitative estimate of drug-likeness (QED) is 0.0321. The van der Waals surface area contributed by atoms with E-state index in [1.807, 2.05) is 6.08 Å². The molecule has 1 amide bonds. The number of rotatable bonds is 54. The minimum absolute atomic E-state index is 0.0500. The fraction of sp³-hybridized carbons (Fsp3) is 0.806. The minimum atomic E-state index is -0.849. The monoisotopic (exact) mass is 952 g/mol. The Morgan fingerprint density at radius 2 is 0.735 bits per heavy atom. The highest BCUT2D eigenvalue weighted by molar-refractivity contribution is 5.76. The Hall–Kier alpha value is -2.44. The lowest BCUT2D eigenvalue weighted by Crippen LogP contribution is -2.45. The number of hydrogen-bond donors (Lipinski definition) is 3. The Morgan fingerprint density at radius 1 is 0.412 bits per heavy atom. The van der Waals surface area contributed by atoms with Crippen molar-refractivity contribution in [2.45, 2.75) is 309 Å². The van der Waals surface area contributed by atoms with E-state index in [0.717, 1.165) is 64.2 Å². The van der Waals surface area contributed by atoms with Gasteiger partial charge in [-0.2, -0.15) is 0 Å². The molecule has 396 valence electrons. The predicted molar refractivity (Wildman–Crippen MR) is 296 cm³/mol. The number of nitrogens with one attached hydrogen (secondary N) is 1. The molecular formula is C62H113NO5. The van der Waals surface area contributed by atoms with E-state index in [-0.39, 0.29) is 18.5 Å². The summed E-state index contributed by atoms with van der Waals surface area (Å²) in [7, 11) is 0. The molecule has 0 aromatic heterocycles. The highest BCUT2D eigenvalue weighted by atomic mass is 16.5. The second kappa shape index (κ2) is 57.1. The van der Waals surface area contributed by atoms with Crippen molar-refractivity contribution in [2.75, 3.05) is 13.2 Å². The first-order valence-corrected chi connectivity index (χ1v) is 29.6. The molecule has 0 radical (unpaired) electrons. The third kappa shape index (κ3) is 52.9. The van der Waals surface area contributed by atoms with E-state index >= 15 is 0 Å². The molecule has 0 aliphatic heterocycles. The maximum atomic E-state index is 12.4. The number of allylic oxidation sites excluding steroid dienone is 8. The highest BCUT2D eigenvalue weighted by Crippen LogP contribution is 2.16. The van der Waals surface area contributed by atoms with Crippen molar-refractivity contribution >= 4 is 11.9 Å². The number of aliphatic hydroxyl groups excluding tert-OH is 2. The fourth-order valence-corrected chi connectivity index (χ4v) is 8.74. The summed E-state index contributed by atoms with van der Waals surface area (Å²) in [5.74, 6) is -0.124. The van der Waals surface area contributed by atoms with E-state index in [1.54, 1.807) is 6.08 Å². The molecule has 0 aromatic rings. The van der Waals surface area contributed by atoms with Crippen LogP contribution in [0.1, 0.15) is 296 Å². The van der Waals surface area contributed by atoms with E-state index in [1.165, 1.54) is 205 Å². The van der Waals surface area contributed by atoms with Crippen molar-refractivity contribution in [3.8, 4) is 0 Å². The first kappa shape index (κ1) is 65.6. The Bertz CT molecular complexity index is 1190. The van der Waals surface area contributed by atoms with Gasteiger partial charge >= 0.3 is 5.97 Å². The molecule has 0 spiro atoms. The number of unbranched alkanes of at least 4 members (excludes halogenated alkanes) is 35. The van der Waals surface area contributed by atoms with E-state index in [4.69, 9.17) is 4.74 Å². The SMILES string of the molecule is CCCCCC/C=C\C/C=C\CCCCCCCC(=O)OCC/C=C\C/C=C\CCCCCCCCCCCCCCCCC(=O)NC(CO)C(O)/C=C/CCCCCCCCCCCCCC. The summed E-state index contributed by atoms with van der Waals surface area (Å²) in [6.07, 6.45) is 74.0. The van der Waals surface area contributed by atoms with Gasteiger partial charge in [-0.3, -0.25) is 9.59 Å². The van der Waals surface area contributed by atoms with Gasteiger partial charge in [0.1, 0.15) is 0 Å². The second-order valence-electron chi connectivity index (χ2n) is 20.0. The van der Waals surface area contributed by atoms with Crippen LogP contribution in [-0.2, 0) is 14.3 Å². The summed E-state index contributed by atoms with van der Waals surface area (Å²) in [5, 5.41) is 23.1. The van der Waals surface area contributed by atoms with Crippen LogP contribution in [0.25, 0.3) is 0 Å². The van der Waals surface area contributed by atoms with Gasteiger partial charge in [-0.05, 0) is 83.5 Å². The van der Waals surface area contributed by atoms with Crippen LogP contribution in [0.15, 0.2) is 60.8 Å². The number of carbonyl (C=O) groups excluding carboxylic acids is 2. The number of esters is 1. The third-order valence-corrected chi connectivity index (χ3v) is 13.3. The van der Waals surface area contributed by atoms with Gasteiger partial charge in [0.15, 0.2) is 0 Å². The van der Waals surface area contributed by atoms with Crippen LogP contribution in [0.3, 0.4) is 0 Å². The lowest BCUT2D eigenvalue weighted by Gasteiger charge is -2.20. The zero-order valence-electron chi connectivity index (χ0n) is 45.1. The zero-order chi connectivity index (χ0) is 49.3. The maximum absolute atomic E-state index is 12.4. The van der Waals surface area contributed by atoms with Crippen LogP contribution < -0.4 is 5.32 Å². The Morgan fingerprint density at radius 3 is 1.13 bits per heavy atom. The summed E-state index contributed by atoms with van der Waals surface area (Å²) >= 11 is 0. The van der Waals surface area contributed by atoms with Crippen LogP contribution in [0.2, 0.25) is 0 Å². The Labute approximate surface area is 422 Å². The number of amides is 1. The number of hydrogen-bond acceptors (Lipinski definition) is 5. The molecule has 0 rings (SSSR count). The smallest absolute Gasteiger partial charge is 0.305 e.